The summed E-state index contributed by atoms with van der Waals surface area (Å²) in [5.74, 6) is 0.671. The second kappa shape index (κ2) is 6.73. The molecule has 1 atom stereocenters. The minimum Gasteiger partial charge on any atom is -0.370 e. The van der Waals surface area contributed by atoms with Crippen molar-refractivity contribution in [3.8, 4) is 6.07 Å². The number of carbonyl (C=O) groups is 1. The van der Waals surface area contributed by atoms with E-state index >= 15 is 0 Å². The molecule has 0 N–H and O–H groups in total. The zero-order valence-electron chi connectivity index (χ0n) is 13.1. The molecule has 4 nitrogen and oxygen atoms in total. The van der Waals surface area contributed by atoms with Gasteiger partial charge >= 0.3 is 0 Å². The van der Waals surface area contributed by atoms with Crippen molar-refractivity contribution < 1.29 is 4.79 Å². The van der Waals surface area contributed by atoms with Crippen molar-refractivity contribution in [2.24, 2.45) is 5.92 Å². The van der Waals surface area contributed by atoms with Crippen LogP contribution in [0.15, 0.2) is 18.2 Å². The molecule has 2 rings (SSSR count). The Balaban J connectivity index is 2.17. The molecule has 0 amide bonds. The van der Waals surface area contributed by atoms with Crippen LogP contribution >= 0.6 is 0 Å². The summed E-state index contributed by atoms with van der Waals surface area (Å²) in [5.41, 5.74) is 2.24. The number of nitriles is 1. The van der Waals surface area contributed by atoms with Gasteiger partial charge in [0.05, 0.1) is 11.3 Å². The molecule has 112 valence electrons. The maximum atomic E-state index is 11.6. The minimum atomic E-state index is 0.0437. The number of rotatable bonds is 5. The summed E-state index contributed by atoms with van der Waals surface area (Å²) in [6.07, 6.45) is 1.14. The fraction of sp³-hybridized carbons (Fsp3) is 0.529. The molecule has 1 aliphatic heterocycles. The van der Waals surface area contributed by atoms with Gasteiger partial charge in [0, 0.05) is 25.2 Å². The normalized spacial score (nSPS) is 18.0. The van der Waals surface area contributed by atoms with E-state index in [2.05, 4.69) is 29.8 Å². The molecule has 1 unspecified atom stereocenters. The van der Waals surface area contributed by atoms with Gasteiger partial charge in [-0.3, -0.25) is 4.79 Å². The first-order chi connectivity index (χ1) is 10.0. The van der Waals surface area contributed by atoms with Crippen LogP contribution in [0.3, 0.4) is 0 Å². The lowest BCUT2D eigenvalue weighted by molar-refractivity contribution is 0.101. The molecule has 21 heavy (non-hydrogen) atoms. The van der Waals surface area contributed by atoms with E-state index in [0.29, 0.717) is 17.0 Å². The summed E-state index contributed by atoms with van der Waals surface area (Å²) in [6, 6.07) is 7.61. The highest BCUT2D eigenvalue weighted by atomic mass is 16.1. The van der Waals surface area contributed by atoms with Crippen LogP contribution in [0.5, 0.6) is 0 Å². The van der Waals surface area contributed by atoms with E-state index in [1.165, 1.54) is 0 Å². The van der Waals surface area contributed by atoms with Crippen LogP contribution in [0.25, 0.3) is 0 Å². The lowest BCUT2D eigenvalue weighted by Crippen LogP contribution is -2.28. The van der Waals surface area contributed by atoms with Crippen molar-refractivity contribution in [3.05, 3.63) is 29.3 Å². The maximum absolute atomic E-state index is 11.6. The molecule has 0 bridgehead atoms. The van der Waals surface area contributed by atoms with E-state index in [9.17, 15) is 10.1 Å². The van der Waals surface area contributed by atoms with Crippen LogP contribution in [-0.2, 0) is 0 Å². The first kappa shape index (κ1) is 15.5. The summed E-state index contributed by atoms with van der Waals surface area (Å²) < 4.78 is 0. The Hall–Kier alpha value is -1.86. The summed E-state index contributed by atoms with van der Waals surface area (Å²) in [7, 11) is 2.14. The average Bonchev–Trinajstić information content (AvgIpc) is 2.94. The Morgan fingerprint density at radius 3 is 2.90 bits per heavy atom. The fourth-order valence-corrected chi connectivity index (χ4v) is 2.88. The van der Waals surface area contributed by atoms with Gasteiger partial charge in [-0.2, -0.15) is 5.26 Å². The van der Waals surface area contributed by atoms with Gasteiger partial charge in [-0.25, -0.2) is 0 Å². The van der Waals surface area contributed by atoms with Crippen molar-refractivity contribution in [2.45, 2.75) is 20.3 Å². The van der Waals surface area contributed by atoms with Crippen LogP contribution in [0.2, 0.25) is 0 Å². The Labute approximate surface area is 127 Å². The number of hydrogen-bond acceptors (Lipinski definition) is 4. The molecule has 1 aliphatic rings. The van der Waals surface area contributed by atoms with Gasteiger partial charge in [0.2, 0.25) is 0 Å². The SMILES string of the molecule is CCN(C)CC1CCN(c2cc(C(C)=O)ccc2C#N)C1. The number of Topliss-reactive ketones (excluding diaryl/α,β-unsaturated/α-hetero) is 1. The monoisotopic (exact) mass is 285 g/mol. The Kier molecular flexibility index (Phi) is 4.98. The van der Waals surface area contributed by atoms with Gasteiger partial charge in [-0.05, 0) is 51.1 Å². The predicted octanol–water partition coefficient (Wildman–Crippen LogP) is 2.54. The number of nitrogens with zero attached hydrogens (tertiary/aromatic N) is 3. The van der Waals surface area contributed by atoms with E-state index < -0.39 is 0 Å². The van der Waals surface area contributed by atoms with Crippen molar-refractivity contribution >= 4 is 11.5 Å². The van der Waals surface area contributed by atoms with Gasteiger partial charge in [0.1, 0.15) is 6.07 Å². The second-order valence-corrected chi connectivity index (χ2v) is 5.86. The quantitative estimate of drug-likeness (QED) is 0.780. The molecule has 0 aliphatic carbocycles. The third kappa shape index (κ3) is 3.62. The zero-order valence-corrected chi connectivity index (χ0v) is 13.1. The highest BCUT2D eigenvalue weighted by Gasteiger charge is 2.25. The van der Waals surface area contributed by atoms with Crippen LogP contribution in [0.4, 0.5) is 5.69 Å². The summed E-state index contributed by atoms with van der Waals surface area (Å²) in [4.78, 5) is 16.1. The van der Waals surface area contributed by atoms with Crippen LogP contribution in [-0.4, -0.2) is 43.9 Å². The van der Waals surface area contributed by atoms with E-state index in [4.69, 9.17) is 0 Å². The van der Waals surface area contributed by atoms with Crippen LogP contribution < -0.4 is 4.90 Å². The molecule has 0 spiro atoms. The highest BCUT2D eigenvalue weighted by Crippen LogP contribution is 2.28. The van der Waals surface area contributed by atoms with Crippen molar-refractivity contribution in [1.82, 2.24) is 4.90 Å². The molecule has 0 aromatic heterocycles. The zero-order chi connectivity index (χ0) is 15.4. The first-order valence-electron chi connectivity index (χ1n) is 7.53. The van der Waals surface area contributed by atoms with Crippen molar-refractivity contribution in [2.75, 3.05) is 38.1 Å². The van der Waals surface area contributed by atoms with Crippen LogP contribution in [0.1, 0.15) is 36.2 Å². The van der Waals surface area contributed by atoms with Gasteiger partial charge in [0.25, 0.3) is 0 Å². The predicted molar refractivity (Wildman–Crippen MR) is 84.7 cm³/mol. The molecule has 1 aromatic rings. The van der Waals surface area contributed by atoms with Gasteiger partial charge in [0.15, 0.2) is 5.78 Å². The molecule has 1 saturated heterocycles. The summed E-state index contributed by atoms with van der Waals surface area (Å²) in [6.45, 7) is 7.78. The third-order valence-electron chi connectivity index (χ3n) is 4.26. The summed E-state index contributed by atoms with van der Waals surface area (Å²) in [5, 5.41) is 9.29. The second-order valence-electron chi connectivity index (χ2n) is 5.86. The number of hydrogen-bond donors (Lipinski definition) is 0. The molecule has 1 heterocycles. The van der Waals surface area contributed by atoms with E-state index in [1.54, 1.807) is 19.1 Å². The molecular formula is C17H23N3O. The van der Waals surface area contributed by atoms with Gasteiger partial charge < -0.3 is 9.80 Å². The number of anilines is 1. The van der Waals surface area contributed by atoms with Crippen molar-refractivity contribution in [3.63, 3.8) is 0 Å². The first-order valence-corrected chi connectivity index (χ1v) is 7.53. The van der Waals surface area contributed by atoms with E-state index in [1.807, 2.05) is 6.07 Å². The lowest BCUT2D eigenvalue weighted by Gasteiger charge is -2.22. The lowest BCUT2D eigenvalue weighted by atomic mass is 10.1. The molecule has 0 radical (unpaired) electrons. The molecule has 1 aromatic carbocycles. The third-order valence-corrected chi connectivity index (χ3v) is 4.26. The molecule has 0 saturated carbocycles. The van der Waals surface area contributed by atoms with E-state index in [-0.39, 0.29) is 5.78 Å². The summed E-state index contributed by atoms with van der Waals surface area (Å²) >= 11 is 0. The van der Waals surface area contributed by atoms with Gasteiger partial charge in [-0.1, -0.05) is 6.92 Å². The van der Waals surface area contributed by atoms with Gasteiger partial charge in [-0.15, -0.1) is 0 Å². The van der Waals surface area contributed by atoms with Crippen LogP contribution in [0, 0.1) is 17.2 Å². The average molecular weight is 285 g/mol. The topological polar surface area (TPSA) is 47.3 Å². The number of benzene rings is 1. The van der Waals surface area contributed by atoms with E-state index in [0.717, 1.165) is 38.3 Å². The molecule has 1 fully saturated rings. The fourth-order valence-electron chi connectivity index (χ4n) is 2.88. The number of ketones is 1. The molecular weight excluding hydrogens is 262 g/mol. The Bertz CT molecular complexity index is 562. The van der Waals surface area contributed by atoms with Crippen molar-refractivity contribution in [1.29, 1.82) is 5.26 Å². The minimum absolute atomic E-state index is 0.0437. The highest BCUT2D eigenvalue weighted by molar-refractivity contribution is 5.95. The Morgan fingerprint density at radius 1 is 1.52 bits per heavy atom. The maximum Gasteiger partial charge on any atom is 0.159 e. The largest absolute Gasteiger partial charge is 0.370 e. The Morgan fingerprint density at radius 2 is 2.29 bits per heavy atom. The standard InChI is InChI=1S/C17H23N3O/c1-4-19(3)11-14-7-8-20(12-14)17-9-15(13(2)21)5-6-16(17)10-18/h5-6,9,14H,4,7-8,11-12H2,1-3H3. The number of carbonyl (C=O) groups excluding carboxylic acids is 1. The smallest absolute Gasteiger partial charge is 0.159 e. The molecule has 4 heteroatoms.